The van der Waals surface area contributed by atoms with Gasteiger partial charge in [0.15, 0.2) is 5.78 Å². The zero-order chi connectivity index (χ0) is 24.9. The number of hydrogen-bond acceptors (Lipinski definition) is 5. The first-order chi connectivity index (χ1) is 16.0. The number of aromatic nitrogens is 2. The van der Waals surface area contributed by atoms with E-state index in [1.165, 1.54) is 24.3 Å². The van der Waals surface area contributed by atoms with Gasteiger partial charge in [0.1, 0.15) is 23.0 Å². The first kappa shape index (κ1) is 25.0. The number of H-pyrrole nitrogens is 1. The third kappa shape index (κ3) is 6.94. The predicted octanol–water partition coefficient (Wildman–Crippen LogP) is 5.28. The normalized spacial score (nSPS) is 12.4. The Bertz CT molecular complexity index is 1170. The fourth-order valence-electron chi connectivity index (χ4n) is 3.63. The Morgan fingerprint density at radius 3 is 2.21 bits per heavy atom. The minimum Gasteiger partial charge on any atom is -0.497 e. The Labute approximate surface area is 194 Å². The van der Waals surface area contributed by atoms with Gasteiger partial charge in [-0.3, -0.25) is 9.59 Å². The number of carbonyl (C=O) groups is 1. The molecule has 0 aliphatic carbocycles. The maximum Gasteiger partial charge on any atom is 0.573 e. The summed E-state index contributed by atoms with van der Waals surface area (Å²) in [5, 5.41) is 0. The maximum absolute atomic E-state index is 13.0. The van der Waals surface area contributed by atoms with Gasteiger partial charge in [-0.1, -0.05) is 38.1 Å². The molecule has 0 aliphatic rings. The zero-order valence-electron chi connectivity index (χ0n) is 19.0. The van der Waals surface area contributed by atoms with Crippen molar-refractivity contribution in [2.75, 3.05) is 7.11 Å². The standard InChI is InChI=1S/C25H25F3N2O4/c1-15(2)20(17-6-10-19(11-7-17)34-25(26,27)28)13-22(31)21-14-24(32)30-23(29-21)12-16-4-8-18(33-3)9-5-16/h4-11,14-15,20H,12-13H2,1-3H3,(H,29,30,32)/t20-/m1/s1. The molecule has 1 aromatic heterocycles. The van der Waals surface area contributed by atoms with Crippen LogP contribution in [0.1, 0.15) is 53.6 Å². The zero-order valence-corrected chi connectivity index (χ0v) is 19.0. The van der Waals surface area contributed by atoms with Gasteiger partial charge in [-0.25, -0.2) is 4.98 Å². The van der Waals surface area contributed by atoms with Gasteiger partial charge in [-0.05, 0) is 47.2 Å². The van der Waals surface area contributed by atoms with Crippen molar-refractivity contribution in [3.8, 4) is 11.5 Å². The number of Topliss-reactive ketones (excluding diaryl/α,β-unsaturated/α-hetero) is 1. The van der Waals surface area contributed by atoms with Crippen molar-refractivity contribution in [3.05, 3.63) is 87.6 Å². The van der Waals surface area contributed by atoms with Crippen LogP contribution < -0.4 is 15.0 Å². The highest BCUT2D eigenvalue weighted by molar-refractivity contribution is 5.94. The van der Waals surface area contributed by atoms with Gasteiger partial charge in [0, 0.05) is 18.9 Å². The number of nitrogens with zero attached hydrogens (tertiary/aromatic N) is 1. The second-order valence-electron chi connectivity index (χ2n) is 8.20. The lowest BCUT2D eigenvalue weighted by Crippen LogP contribution is -2.19. The highest BCUT2D eigenvalue weighted by Crippen LogP contribution is 2.31. The van der Waals surface area contributed by atoms with Gasteiger partial charge in [0.05, 0.1) is 7.11 Å². The minimum atomic E-state index is -4.77. The van der Waals surface area contributed by atoms with Crippen molar-refractivity contribution in [3.63, 3.8) is 0 Å². The van der Waals surface area contributed by atoms with E-state index < -0.39 is 11.9 Å². The fourth-order valence-corrected chi connectivity index (χ4v) is 3.63. The highest BCUT2D eigenvalue weighted by atomic mass is 19.4. The Morgan fingerprint density at radius 2 is 1.65 bits per heavy atom. The quantitative estimate of drug-likeness (QED) is 0.427. The molecule has 0 fully saturated rings. The highest BCUT2D eigenvalue weighted by Gasteiger charge is 2.31. The number of nitrogens with one attached hydrogen (secondary N) is 1. The van der Waals surface area contributed by atoms with Gasteiger partial charge in [0.25, 0.3) is 5.56 Å². The van der Waals surface area contributed by atoms with Crippen LogP contribution in [0.3, 0.4) is 0 Å². The van der Waals surface area contributed by atoms with Crippen LogP contribution >= 0.6 is 0 Å². The topological polar surface area (TPSA) is 81.3 Å². The molecule has 0 saturated heterocycles. The van der Waals surface area contributed by atoms with E-state index in [-0.39, 0.29) is 35.5 Å². The number of carbonyl (C=O) groups excluding carboxylic acids is 1. The van der Waals surface area contributed by atoms with Crippen molar-refractivity contribution in [2.45, 2.75) is 39.0 Å². The van der Waals surface area contributed by atoms with Gasteiger partial charge < -0.3 is 14.5 Å². The molecule has 0 bridgehead atoms. The third-order valence-corrected chi connectivity index (χ3v) is 5.36. The Hall–Kier alpha value is -3.62. The van der Waals surface area contributed by atoms with Crippen molar-refractivity contribution in [1.29, 1.82) is 0 Å². The number of halogens is 3. The van der Waals surface area contributed by atoms with Crippen LogP contribution in [0, 0.1) is 5.92 Å². The largest absolute Gasteiger partial charge is 0.573 e. The molecule has 1 N–H and O–H groups in total. The number of ketones is 1. The molecule has 0 aliphatic heterocycles. The molecular weight excluding hydrogens is 449 g/mol. The summed E-state index contributed by atoms with van der Waals surface area (Å²) in [5.74, 6) is 0.140. The molecule has 2 aromatic carbocycles. The number of rotatable bonds is 9. The lowest BCUT2D eigenvalue weighted by atomic mass is 9.84. The number of ether oxygens (including phenoxy) is 2. The molecule has 3 rings (SSSR count). The minimum absolute atomic E-state index is 0.0131. The van der Waals surface area contributed by atoms with E-state index >= 15 is 0 Å². The molecule has 180 valence electrons. The number of benzene rings is 2. The van der Waals surface area contributed by atoms with Crippen LogP contribution in [-0.4, -0.2) is 29.2 Å². The van der Waals surface area contributed by atoms with E-state index in [2.05, 4.69) is 14.7 Å². The Morgan fingerprint density at radius 1 is 1.03 bits per heavy atom. The van der Waals surface area contributed by atoms with E-state index in [0.717, 1.165) is 11.6 Å². The van der Waals surface area contributed by atoms with Crippen LogP contribution in [0.2, 0.25) is 0 Å². The Balaban J connectivity index is 1.77. The number of alkyl halides is 3. The summed E-state index contributed by atoms with van der Waals surface area (Å²) < 4.78 is 46.3. The number of hydrogen-bond donors (Lipinski definition) is 1. The summed E-state index contributed by atoms with van der Waals surface area (Å²) in [6, 6.07) is 13.9. The molecular formula is C25H25F3N2O4. The monoisotopic (exact) mass is 474 g/mol. The maximum atomic E-state index is 13.0. The van der Waals surface area contributed by atoms with Crippen LogP contribution in [0.4, 0.5) is 13.2 Å². The molecule has 34 heavy (non-hydrogen) atoms. The summed E-state index contributed by atoms with van der Waals surface area (Å²) in [7, 11) is 1.57. The molecule has 0 amide bonds. The summed E-state index contributed by atoms with van der Waals surface area (Å²) in [4.78, 5) is 32.2. The van der Waals surface area contributed by atoms with Crippen LogP contribution in [0.25, 0.3) is 0 Å². The SMILES string of the molecule is COc1ccc(Cc2nc(C(=O)C[C@@H](c3ccc(OC(F)(F)F)cc3)C(C)C)cc(=O)[nH]2)cc1. The fraction of sp³-hybridized carbons (Fsp3) is 0.320. The molecule has 0 spiro atoms. The van der Waals surface area contributed by atoms with Gasteiger partial charge in [0.2, 0.25) is 0 Å². The molecule has 0 saturated carbocycles. The summed E-state index contributed by atoms with van der Waals surface area (Å²) >= 11 is 0. The second kappa shape index (κ2) is 10.5. The molecule has 6 nitrogen and oxygen atoms in total. The smallest absolute Gasteiger partial charge is 0.497 e. The van der Waals surface area contributed by atoms with E-state index in [4.69, 9.17) is 4.74 Å². The van der Waals surface area contributed by atoms with Gasteiger partial charge in [-0.15, -0.1) is 13.2 Å². The van der Waals surface area contributed by atoms with Crippen LogP contribution in [0.15, 0.2) is 59.4 Å². The average Bonchev–Trinajstić information content (AvgIpc) is 2.77. The molecule has 1 heterocycles. The first-order valence-electron chi connectivity index (χ1n) is 10.7. The van der Waals surface area contributed by atoms with E-state index in [1.807, 2.05) is 26.0 Å². The van der Waals surface area contributed by atoms with E-state index in [0.29, 0.717) is 23.6 Å². The lowest BCUT2D eigenvalue weighted by molar-refractivity contribution is -0.274. The van der Waals surface area contributed by atoms with Crippen LogP contribution in [-0.2, 0) is 6.42 Å². The Kier molecular flexibility index (Phi) is 7.75. The predicted molar refractivity (Wildman–Crippen MR) is 120 cm³/mol. The van der Waals surface area contributed by atoms with Crippen molar-refractivity contribution < 1.29 is 27.4 Å². The number of aromatic amines is 1. The molecule has 9 heteroatoms. The summed E-state index contributed by atoms with van der Waals surface area (Å²) in [5.41, 5.74) is 1.20. The summed E-state index contributed by atoms with van der Waals surface area (Å²) in [6.07, 6.45) is -4.39. The molecule has 0 unspecified atom stereocenters. The summed E-state index contributed by atoms with van der Waals surface area (Å²) in [6.45, 7) is 3.83. The lowest BCUT2D eigenvalue weighted by Gasteiger charge is -2.21. The van der Waals surface area contributed by atoms with Crippen molar-refractivity contribution >= 4 is 5.78 Å². The van der Waals surface area contributed by atoms with Gasteiger partial charge >= 0.3 is 6.36 Å². The van der Waals surface area contributed by atoms with Crippen molar-refractivity contribution in [1.82, 2.24) is 9.97 Å². The second-order valence-corrected chi connectivity index (χ2v) is 8.20. The van der Waals surface area contributed by atoms with Crippen LogP contribution in [0.5, 0.6) is 11.5 Å². The third-order valence-electron chi connectivity index (χ3n) is 5.36. The first-order valence-corrected chi connectivity index (χ1v) is 10.7. The van der Waals surface area contributed by atoms with Crippen molar-refractivity contribution in [2.24, 2.45) is 5.92 Å². The average molecular weight is 474 g/mol. The van der Waals surface area contributed by atoms with Gasteiger partial charge in [-0.2, -0.15) is 0 Å². The molecule has 3 aromatic rings. The van der Waals surface area contributed by atoms with E-state index in [1.54, 1.807) is 19.2 Å². The molecule has 0 radical (unpaired) electrons. The number of methoxy groups -OCH3 is 1. The molecule has 1 atom stereocenters. The van der Waals surface area contributed by atoms with E-state index in [9.17, 15) is 22.8 Å².